The van der Waals surface area contributed by atoms with Crippen molar-refractivity contribution in [1.82, 2.24) is 0 Å². The molecule has 4 heteroatoms. The first kappa shape index (κ1) is 14.4. The summed E-state index contributed by atoms with van der Waals surface area (Å²) in [6.07, 6.45) is 0.197. The summed E-state index contributed by atoms with van der Waals surface area (Å²) < 4.78 is 11.0. The molecule has 0 amide bonds. The molecule has 1 unspecified atom stereocenters. The molecule has 0 fully saturated rings. The van der Waals surface area contributed by atoms with Gasteiger partial charge in [-0.3, -0.25) is 0 Å². The van der Waals surface area contributed by atoms with E-state index in [4.69, 9.17) is 9.47 Å². The van der Waals surface area contributed by atoms with E-state index in [0.29, 0.717) is 0 Å². The largest absolute Gasteiger partial charge is 0.496 e. The van der Waals surface area contributed by atoms with E-state index in [-0.39, 0.29) is 10.9 Å². The number of ether oxygens (including phenoxy) is 2. The zero-order chi connectivity index (χ0) is 13.8. The Labute approximate surface area is 126 Å². The molecule has 0 N–H and O–H groups in total. The van der Waals surface area contributed by atoms with E-state index in [0.717, 1.165) is 11.5 Å². The number of benzene rings is 1. The molecular weight excluding hydrogens is 324 g/mol. The molecule has 2 nitrogen and oxygen atoms in total. The summed E-state index contributed by atoms with van der Waals surface area (Å²) in [5.41, 5.74) is 1.19. The fraction of sp³-hybridized carbons (Fsp3) is 0.333. The molecule has 0 bridgehead atoms. The Bertz CT molecular complexity index is 519. The quantitative estimate of drug-likeness (QED) is 0.710. The van der Waals surface area contributed by atoms with Gasteiger partial charge in [-0.1, -0.05) is 28.1 Å². The summed E-state index contributed by atoms with van der Waals surface area (Å²) in [6, 6.07) is 10.2. The summed E-state index contributed by atoms with van der Waals surface area (Å²) in [4.78, 5) is 1.33. The lowest BCUT2D eigenvalue weighted by atomic mass is 10.1. The van der Waals surface area contributed by atoms with Crippen molar-refractivity contribution in [2.45, 2.75) is 24.8 Å². The molecule has 0 aliphatic carbocycles. The monoisotopic (exact) mass is 340 g/mol. The van der Waals surface area contributed by atoms with Gasteiger partial charge in [0.1, 0.15) is 11.5 Å². The molecule has 1 aromatic carbocycles. The third-order valence-electron chi connectivity index (χ3n) is 2.65. The zero-order valence-electron chi connectivity index (χ0n) is 11.2. The molecule has 1 aromatic heterocycles. The molecule has 0 radical (unpaired) electrons. The van der Waals surface area contributed by atoms with Crippen molar-refractivity contribution in [2.75, 3.05) is 7.11 Å². The molecule has 2 aromatic rings. The van der Waals surface area contributed by atoms with Crippen molar-refractivity contribution in [3.8, 4) is 11.5 Å². The van der Waals surface area contributed by atoms with Gasteiger partial charge in [-0.05, 0) is 43.0 Å². The van der Waals surface area contributed by atoms with E-state index >= 15 is 0 Å². The smallest absolute Gasteiger partial charge is 0.134 e. The average Bonchev–Trinajstić information content (AvgIpc) is 2.86. The standard InChI is InChI=1S/C15H17BrO2S/c1-10(2)18-12-6-4-11(5-7-12)14(16)15-13(17-3)8-9-19-15/h4-10,14H,1-3H3. The Morgan fingerprint density at radius 2 is 1.79 bits per heavy atom. The van der Waals surface area contributed by atoms with Crippen molar-refractivity contribution in [2.24, 2.45) is 0 Å². The van der Waals surface area contributed by atoms with Gasteiger partial charge in [0.05, 0.1) is 22.9 Å². The second-order valence-electron chi connectivity index (χ2n) is 4.45. The first-order valence-corrected chi connectivity index (χ1v) is 7.93. The maximum atomic E-state index is 5.65. The molecule has 19 heavy (non-hydrogen) atoms. The highest BCUT2D eigenvalue weighted by Crippen LogP contribution is 2.40. The molecule has 102 valence electrons. The predicted octanol–water partition coefficient (Wildman–Crippen LogP) is 5.03. The van der Waals surface area contributed by atoms with Crippen LogP contribution < -0.4 is 9.47 Å². The number of hydrogen-bond acceptors (Lipinski definition) is 3. The van der Waals surface area contributed by atoms with Gasteiger partial charge in [0.25, 0.3) is 0 Å². The topological polar surface area (TPSA) is 18.5 Å². The predicted molar refractivity (Wildman–Crippen MR) is 83.8 cm³/mol. The van der Waals surface area contributed by atoms with Crippen LogP contribution in [0.4, 0.5) is 0 Å². The highest BCUT2D eigenvalue weighted by molar-refractivity contribution is 9.09. The molecule has 2 rings (SSSR count). The fourth-order valence-corrected chi connectivity index (χ4v) is 3.52. The van der Waals surface area contributed by atoms with Crippen molar-refractivity contribution in [3.63, 3.8) is 0 Å². The molecule has 0 saturated carbocycles. The summed E-state index contributed by atoms with van der Waals surface area (Å²) in [5, 5.41) is 2.04. The van der Waals surface area contributed by atoms with E-state index in [1.807, 2.05) is 37.4 Å². The Kier molecular flexibility index (Phi) is 4.88. The fourth-order valence-electron chi connectivity index (χ4n) is 1.80. The van der Waals surface area contributed by atoms with Gasteiger partial charge >= 0.3 is 0 Å². The van der Waals surface area contributed by atoms with Gasteiger partial charge in [0.2, 0.25) is 0 Å². The van der Waals surface area contributed by atoms with Crippen LogP contribution in [0.25, 0.3) is 0 Å². The van der Waals surface area contributed by atoms with Crippen LogP contribution in [0.5, 0.6) is 11.5 Å². The van der Waals surface area contributed by atoms with Crippen molar-refractivity contribution in [1.29, 1.82) is 0 Å². The Morgan fingerprint density at radius 3 is 2.37 bits per heavy atom. The van der Waals surface area contributed by atoms with Crippen molar-refractivity contribution in [3.05, 3.63) is 46.2 Å². The van der Waals surface area contributed by atoms with Crippen molar-refractivity contribution >= 4 is 27.3 Å². The van der Waals surface area contributed by atoms with Crippen LogP contribution in [0.1, 0.15) is 29.1 Å². The van der Waals surface area contributed by atoms with Crippen molar-refractivity contribution < 1.29 is 9.47 Å². The van der Waals surface area contributed by atoms with Crippen LogP contribution in [0, 0.1) is 0 Å². The number of alkyl halides is 1. The van der Waals surface area contributed by atoms with Gasteiger partial charge in [-0.25, -0.2) is 0 Å². The molecule has 0 saturated heterocycles. The van der Waals surface area contributed by atoms with Gasteiger partial charge < -0.3 is 9.47 Å². The van der Waals surface area contributed by atoms with Gasteiger partial charge in [-0.15, -0.1) is 11.3 Å². The highest BCUT2D eigenvalue weighted by Gasteiger charge is 2.16. The zero-order valence-corrected chi connectivity index (χ0v) is 13.6. The highest BCUT2D eigenvalue weighted by atomic mass is 79.9. The van der Waals surface area contributed by atoms with Crippen LogP contribution >= 0.6 is 27.3 Å². The van der Waals surface area contributed by atoms with E-state index in [9.17, 15) is 0 Å². The average molecular weight is 341 g/mol. The third kappa shape index (κ3) is 3.51. The van der Waals surface area contributed by atoms with Crippen LogP contribution in [0.3, 0.4) is 0 Å². The first-order chi connectivity index (χ1) is 9.11. The van der Waals surface area contributed by atoms with Gasteiger partial charge in [-0.2, -0.15) is 0 Å². The van der Waals surface area contributed by atoms with Crippen LogP contribution in [-0.2, 0) is 0 Å². The third-order valence-corrected chi connectivity index (χ3v) is 4.90. The second-order valence-corrected chi connectivity index (χ2v) is 6.31. The maximum Gasteiger partial charge on any atom is 0.134 e. The molecule has 0 aliphatic heterocycles. The Morgan fingerprint density at radius 1 is 1.11 bits per heavy atom. The van der Waals surface area contributed by atoms with Gasteiger partial charge in [0.15, 0.2) is 0 Å². The maximum absolute atomic E-state index is 5.65. The normalized spacial score (nSPS) is 12.5. The van der Waals surface area contributed by atoms with Gasteiger partial charge in [0, 0.05) is 0 Å². The Balaban J connectivity index is 2.18. The number of rotatable bonds is 5. The first-order valence-electron chi connectivity index (χ1n) is 6.14. The number of methoxy groups -OCH3 is 1. The summed E-state index contributed by atoms with van der Waals surface area (Å²) in [6.45, 7) is 4.05. The molecule has 0 spiro atoms. The molecule has 0 aliphatic rings. The minimum absolute atomic E-state index is 0.149. The summed E-state index contributed by atoms with van der Waals surface area (Å²) >= 11 is 5.42. The summed E-state index contributed by atoms with van der Waals surface area (Å²) in [7, 11) is 1.70. The SMILES string of the molecule is COc1ccsc1C(Br)c1ccc(OC(C)C)cc1. The molecule has 1 atom stereocenters. The summed E-state index contributed by atoms with van der Waals surface area (Å²) in [5.74, 6) is 1.82. The van der Waals surface area contributed by atoms with E-state index in [1.165, 1.54) is 10.4 Å². The lowest BCUT2D eigenvalue weighted by Crippen LogP contribution is -2.05. The second kappa shape index (κ2) is 6.44. The van der Waals surface area contributed by atoms with Crippen LogP contribution in [0.2, 0.25) is 0 Å². The van der Waals surface area contributed by atoms with E-state index in [2.05, 4.69) is 28.1 Å². The van der Waals surface area contributed by atoms with E-state index < -0.39 is 0 Å². The molecule has 1 heterocycles. The lowest BCUT2D eigenvalue weighted by molar-refractivity contribution is 0.242. The number of hydrogen-bond donors (Lipinski definition) is 0. The lowest BCUT2D eigenvalue weighted by Gasteiger charge is -2.13. The minimum Gasteiger partial charge on any atom is -0.496 e. The molecular formula is C15H17BrO2S. The van der Waals surface area contributed by atoms with E-state index in [1.54, 1.807) is 18.4 Å². The number of thiophene rings is 1. The minimum atomic E-state index is 0.149. The van der Waals surface area contributed by atoms with Crippen LogP contribution in [0.15, 0.2) is 35.7 Å². The number of halogens is 1. The van der Waals surface area contributed by atoms with Crippen LogP contribution in [-0.4, -0.2) is 13.2 Å². The Hall–Kier alpha value is -1.00.